The van der Waals surface area contributed by atoms with Gasteiger partial charge in [0, 0.05) is 6.42 Å². The first-order chi connectivity index (χ1) is 7.24. The Morgan fingerprint density at radius 2 is 2.13 bits per heavy atom. The van der Waals surface area contributed by atoms with Crippen LogP contribution in [0.2, 0.25) is 0 Å². The van der Waals surface area contributed by atoms with Crippen molar-refractivity contribution in [1.82, 2.24) is 5.48 Å². The molecule has 0 unspecified atom stereocenters. The van der Waals surface area contributed by atoms with Crippen molar-refractivity contribution in [2.24, 2.45) is 0 Å². The number of hydroxylamine groups is 1. The van der Waals surface area contributed by atoms with Crippen LogP contribution in [-0.2, 0) is 16.1 Å². The molecule has 0 bridgehead atoms. The van der Waals surface area contributed by atoms with Gasteiger partial charge in [0.1, 0.15) is 6.04 Å². The van der Waals surface area contributed by atoms with Gasteiger partial charge in [0.2, 0.25) is 6.86 Å². The number of rotatable bonds is 6. The molecule has 0 saturated carbocycles. The molecule has 0 fully saturated rings. The Morgan fingerprint density at radius 1 is 1.47 bits per heavy atom. The number of carboxylic acid groups (broad SMARTS) is 1. The van der Waals surface area contributed by atoms with Crippen LogP contribution in [0.25, 0.3) is 0 Å². The van der Waals surface area contributed by atoms with E-state index in [-0.39, 0.29) is 6.42 Å². The standard InChI is InChI=1S/C10H12FNO3/c11-7-15-12-9(10(13)14)6-8-4-2-1-3-5-8/h1-5,9,12H,6-7H2,(H,13,14)/t9-/m0/s1. The van der Waals surface area contributed by atoms with Gasteiger partial charge in [0.25, 0.3) is 0 Å². The third-order valence-corrected chi connectivity index (χ3v) is 1.86. The molecule has 1 rings (SSSR count). The van der Waals surface area contributed by atoms with Crippen molar-refractivity contribution in [1.29, 1.82) is 0 Å². The van der Waals surface area contributed by atoms with Gasteiger partial charge in [-0.1, -0.05) is 30.3 Å². The van der Waals surface area contributed by atoms with Crippen LogP contribution in [0.15, 0.2) is 30.3 Å². The number of carboxylic acids is 1. The lowest BCUT2D eigenvalue weighted by Crippen LogP contribution is -2.38. The monoisotopic (exact) mass is 213 g/mol. The average Bonchev–Trinajstić information content (AvgIpc) is 2.25. The van der Waals surface area contributed by atoms with Gasteiger partial charge in [0.05, 0.1) is 0 Å². The molecule has 0 amide bonds. The maximum Gasteiger partial charge on any atom is 0.323 e. The number of nitrogens with one attached hydrogen (secondary N) is 1. The zero-order chi connectivity index (χ0) is 11.1. The van der Waals surface area contributed by atoms with Gasteiger partial charge >= 0.3 is 5.97 Å². The van der Waals surface area contributed by atoms with Crippen molar-refractivity contribution in [3.05, 3.63) is 35.9 Å². The maximum atomic E-state index is 11.7. The fraction of sp³-hybridized carbons (Fsp3) is 0.300. The number of hydrogen-bond acceptors (Lipinski definition) is 3. The van der Waals surface area contributed by atoms with Crippen molar-refractivity contribution in [2.75, 3.05) is 6.86 Å². The van der Waals surface area contributed by atoms with Crippen molar-refractivity contribution in [2.45, 2.75) is 12.5 Å². The van der Waals surface area contributed by atoms with Gasteiger partial charge in [-0.3, -0.25) is 9.63 Å². The van der Waals surface area contributed by atoms with E-state index in [1.807, 2.05) is 18.2 Å². The normalized spacial score (nSPS) is 12.3. The third-order valence-electron chi connectivity index (χ3n) is 1.86. The van der Waals surface area contributed by atoms with Gasteiger partial charge in [0.15, 0.2) is 0 Å². The summed E-state index contributed by atoms with van der Waals surface area (Å²) in [6, 6.07) is 8.11. The number of halogens is 1. The highest BCUT2D eigenvalue weighted by Gasteiger charge is 2.17. The lowest BCUT2D eigenvalue weighted by atomic mass is 10.1. The number of benzene rings is 1. The molecule has 1 atom stereocenters. The van der Waals surface area contributed by atoms with E-state index >= 15 is 0 Å². The Balaban J connectivity index is 2.55. The molecule has 0 aliphatic heterocycles. The molecule has 0 aromatic heterocycles. The Kier molecular flexibility index (Phi) is 4.73. The molecule has 4 nitrogen and oxygen atoms in total. The molecule has 1 aromatic rings. The topological polar surface area (TPSA) is 58.6 Å². The summed E-state index contributed by atoms with van der Waals surface area (Å²) >= 11 is 0. The van der Waals surface area contributed by atoms with E-state index in [0.717, 1.165) is 5.56 Å². The minimum atomic E-state index is -1.08. The fourth-order valence-corrected chi connectivity index (χ4v) is 1.16. The van der Waals surface area contributed by atoms with Crippen LogP contribution in [0.3, 0.4) is 0 Å². The maximum absolute atomic E-state index is 11.7. The summed E-state index contributed by atoms with van der Waals surface area (Å²) in [4.78, 5) is 15.0. The fourth-order valence-electron chi connectivity index (χ4n) is 1.16. The van der Waals surface area contributed by atoms with E-state index in [2.05, 4.69) is 10.3 Å². The summed E-state index contributed by atoms with van der Waals surface area (Å²) < 4.78 is 11.7. The first-order valence-electron chi connectivity index (χ1n) is 4.44. The minimum Gasteiger partial charge on any atom is -0.480 e. The lowest BCUT2D eigenvalue weighted by Gasteiger charge is -2.12. The summed E-state index contributed by atoms with van der Waals surface area (Å²) in [6.07, 6.45) is 0.246. The second kappa shape index (κ2) is 6.10. The van der Waals surface area contributed by atoms with Gasteiger partial charge in [-0.05, 0) is 5.56 Å². The van der Waals surface area contributed by atoms with Gasteiger partial charge in [-0.2, -0.15) is 5.48 Å². The predicted octanol–water partition coefficient (Wildman–Crippen LogP) is 1.13. The first kappa shape index (κ1) is 11.6. The highest BCUT2D eigenvalue weighted by Crippen LogP contribution is 2.03. The van der Waals surface area contributed by atoms with E-state index in [0.29, 0.717) is 0 Å². The third kappa shape index (κ3) is 4.05. The smallest absolute Gasteiger partial charge is 0.323 e. The molecule has 0 spiro atoms. The Labute approximate surface area is 86.6 Å². The Bertz CT molecular complexity index is 305. The van der Waals surface area contributed by atoms with Crippen molar-refractivity contribution in [3.63, 3.8) is 0 Å². The summed E-state index contributed by atoms with van der Waals surface area (Å²) in [6.45, 7) is -1.06. The van der Waals surface area contributed by atoms with Crippen LogP contribution in [0.1, 0.15) is 5.56 Å². The summed E-state index contributed by atoms with van der Waals surface area (Å²) in [5, 5.41) is 8.80. The largest absolute Gasteiger partial charge is 0.480 e. The van der Waals surface area contributed by atoms with E-state index in [1.54, 1.807) is 12.1 Å². The molecule has 0 aliphatic carbocycles. The molecule has 0 radical (unpaired) electrons. The zero-order valence-corrected chi connectivity index (χ0v) is 8.02. The molecular formula is C10H12FNO3. The van der Waals surface area contributed by atoms with Crippen LogP contribution in [0, 0.1) is 0 Å². The first-order valence-corrected chi connectivity index (χ1v) is 4.44. The molecule has 15 heavy (non-hydrogen) atoms. The van der Waals surface area contributed by atoms with Gasteiger partial charge < -0.3 is 5.11 Å². The number of aliphatic carboxylic acids is 1. The van der Waals surface area contributed by atoms with Crippen molar-refractivity contribution >= 4 is 5.97 Å². The highest BCUT2D eigenvalue weighted by atomic mass is 19.1. The number of hydrogen-bond donors (Lipinski definition) is 2. The lowest BCUT2D eigenvalue weighted by molar-refractivity contribution is -0.145. The quantitative estimate of drug-likeness (QED) is 0.695. The zero-order valence-electron chi connectivity index (χ0n) is 8.02. The molecule has 1 aromatic carbocycles. The van der Waals surface area contributed by atoms with Crippen molar-refractivity contribution in [3.8, 4) is 0 Å². The molecular weight excluding hydrogens is 201 g/mol. The molecule has 82 valence electrons. The van der Waals surface area contributed by atoms with Gasteiger partial charge in [-0.25, -0.2) is 4.39 Å². The minimum absolute atomic E-state index is 0.246. The number of alkyl halides is 1. The van der Waals surface area contributed by atoms with Gasteiger partial charge in [-0.15, -0.1) is 0 Å². The highest BCUT2D eigenvalue weighted by molar-refractivity contribution is 5.73. The second-order valence-electron chi connectivity index (χ2n) is 2.95. The average molecular weight is 213 g/mol. The molecule has 2 N–H and O–H groups in total. The molecule has 5 heteroatoms. The molecule has 0 aliphatic rings. The Morgan fingerprint density at radius 3 is 2.67 bits per heavy atom. The summed E-state index contributed by atoms with van der Waals surface area (Å²) in [5.74, 6) is -1.08. The van der Waals surface area contributed by atoms with E-state index in [1.165, 1.54) is 0 Å². The van der Waals surface area contributed by atoms with Crippen LogP contribution in [-0.4, -0.2) is 24.0 Å². The van der Waals surface area contributed by atoms with E-state index in [4.69, 9.17) is 5.11 Å². The Hall–Kier alpha value is -1.46. The van der Waals surface area contributed by atoms with Crippen LogP contribution >= 0.6 is 0 Å². The summed E-state index contributed by atoms with van der Waals surface area (Å²) in [5.41, 5.74) is 2.99. The van der Waals surface area contributed by atoms with Crippen LogP contribution in [0.5, 0.6) is 0 Å². The SMILES string of the molecule is O=C(O)[C@H](Cc1ccccc1)NOCF. The van der Waals surface area contributed by atoms with E-state index < -0.39 is 18.9 Å². The second-order valence-corrected chi connectivity index (χ2v) is 2.95. The molecule has 0 saturated heterocycles. The predicted molar refractivity (Wildman–Crippen MR) is 51.8 cm³/mol. The van der Waals surface area contributed by atoms with Crippen LogP contribution < -0.4 is 5.48 Å². The summed E-state index contributed by atoms with van der Waals surface area (Å²) in [7, 11) is 0. The van der Waals surface area contributed by atoms with E-state index in [9.17, 15) is 9.18 Å². The van der Waals surface area contributed by atoms with Crippen LogP contribution in [0.4, 0.5) is 4.39 Å². The number of carbonyl (C=O) groups is 1. The molecule has 0 heterocycles. The van der Waals surface area contributed by atoms with Crippen molar-refractivity contribution < 1.29 is 19.1 Å².